The average molecular weight is 412 g/mol. The highest BCUT2D eigenvalue weighted by atomic mass is 32.2. The third-order valence-corrected chi connectivity index (χ3v) is 5.99. The number of aromatic nitrogens is 1. The van der Waals surface area contributed by atoms with Crippen LogP contribution < -0.4 is 11.1 Å². The van der Waals surface area contributed by atoms with E-state index in [-0.39, 0.29) is 18.1 Å². The van der Waals surface area contributed by atoms with Gasteiger partial charge in [0.1, 0.15) is 29.8 Å². The van der Waals surface area contributed by atoms with Crippen molar-refractivity contribution in [3.05, 3.63) is 27.9 Å². The number of aliphatic carboxylic acids is 1. The van der Waals surface area contributed by atoms with Crippen LogP contribution in [0.3, 0.4) is 0 Å². The SMILES string of the molecule is CC(=O)OCC1=C(C(=O)O)N2C(=O)[C@@H](NC(=O)C(N)c3cscn3)[C@H]2SC1. The Balaban J connectivity index is 1.72. The fraction of sp³-hybridized carbons (Fsp3) is 0.400. The summed E-state index contributed by atoms with van der Waals surface area (Å²) >= 11 is 2.58. The monoisotopic (exact) mass is 412 g/mol. The number of nitrogens with zero attached hydrogens (tertiary/aromatic N) is 2. The number of amides is 2. The molecule has 0 aliphatic carbocycles. The lowest BCUT2D eigenvalue weighted by Crippen LogP contribution is -2.71. The third kappa shape index (κ3) is 3.68. The summed E-state index contributed by atoms with van der Waals surface area (Å²) in [5.74, 6) is -2.70. The predicted octanol–water partition coefficient (Wildman–Crippen LogP) is -0.555. The first-order valence-electron chi connectivity index (χ1n) is 7.78. The molecule has 10 nitrogen and oxygen atoms in total. The summed E-state index contributed by atoms with van der Waals surface area (Å²) in [4.78, 5) is 52.4. The fourth-order valence-electron chi connectivity index (χ4n) is 2.74. The van der Waals surface area contributed by atoms with Crippen LogP contribution in [-0.2, 0) is 23.9 Å². The summed E-state index contributed by atoms with van der Waals surface area (Å²) in [5, 5.41) is 13.1. The van der Waals surface area contributed by atoms with Crippen LogP contribution in [0.1, 0.15) is 18.7 Å². The van der Waals surface area contributed by atoms with Crippen molar-refractivity contribution in [1.29, 1.82) is 0 Å². The van der Waals surface area contributed by atoms with Crippen molar-refractivity contribution in [2.75, 3.05) is 12.4 Å². The van der Waals surface area contributed by atoms with E-state index in [1.54, 1.807) is 10.9 Å². The summed E-state index contributed by atoms with van der Waals surface area (Å²) in [6, 6.07) is -1.89. The number of carboxylic acid groups (broad SMARTS) is 1. The summed E-state index contributed by atoms with van der Waals surface area (Å²) in [6.45, 7) is 1.01. The second kappa shape index (κ2) is 7.66. The lowest BCUT2D eigenvalue weighted by Gasteiger charge is -2.49. The minimum absolute atomic E-state index is 0.202. The summed E-state index contributed by atoms with van der Waals surface area (Å²) in [5.41, 5.74) is 7.90. The number of carbonyl (C=O) groups is 4. The molecule has 2 amide bonds. The van der Waals surface area contributed by atoms with Gasteiger partial charge in [-0.3, -0.25) is 19.3 Å². The Kier molecular flexibility index (Phi) is 5.48. The Bertz CT molecular complexity index is 824. The van der Waals surface area contributed by atoms with Crippen LogP contribution >= 0.6 is 23.1 Å². The number of β-lactam (4-membered cyclic amide) rings is 1. The zero-order chi connectivity index (χ0) is 19.7. The van der Waals surface area contributed by atoms with Crippen molar-refractivity contribution in [2.24, 2.45) is 5.73 Å². The van der Waals surface area contributed by atoms with Crippen LogP contribution in [0, 0.1) is 0 Å². The molecule has 1 saturated heterocycles. The van der Waals surface area contributed by atoms with Gasteiger partial charge in [-0.15, -0.1) is 23.1 Å². The number of rotatable bonds is 6. The van der Waals surface area contributed by atoms with Gasteiger partial charge in [-0.2, -0.15) is 0 Å². The number of thioether (sulfide) groups is 1. The molecule has 0 bridgehead atoms. The first-order chi connectivity index (χ1) is 12.8. The molecule has 2 aliphatic rings. The maximum atomic E-state index is 12.5. The summed E-state index contributed by atoms with van der Waals surface area (Å²) in [6.07, 6.45) is 0. The first kappa shape index (κ1) is 19.3. The van der Waals surface area contributed by atoms with Crippen LogP contribution in [-0.4, -0.2) is 62.5 Å². The summed E-state index contributed by atoms with van der Waals surface area (Å²) < 4.78 is 4.87. The van der Waals surface area contributed by atoms with Crippen molar-refractivity contribution < 1.29 is 29.0 Å². The highest BCUT2D eigenvalue weighted by Gasteiger charge is 2.54. The van der Waals surface area contributed by atoms with Crippen molar-refractivity contribution >= 4 is 46.9 Å². The number of nitrogens with one attached hydrogen (secondary N) is 1. The highest BCUT2D eigenvalue weighted by molar-refractivity contribution is 8.00. The third-order valence-electron chi connectivity index (χ3n) is 4.05. The second-order valence-corrected chi connectivity index (χ2v) is 7.65. The standard InChI is InChI=1S/C15H16N4O6S2/c1-6(20)25-2-7-3-27-14-10(13(22)19(14)11(7)15(23)24)18-12(21)9(16)8-4-26-5-17-8/h4-5,9-10,14H,2-3,16H2,1H3,(H,18,21)(H,23,24)/t9?,10-,14-/m1/s1. The molecule has 3 atom stereocenters. The smallest absolute Gasteiger partial charge is 0.352 e. The number of nitrogens with two attached hydrogens (primary N) is 1. The maximum absolute atomic E-state index is 12.5. The molecule has 3 rings (SSSR count). The van der Waals surface area contributed by atoms with Crippen molar-refractivity contribution in [1.82, 2.24) is 15.2 Å². The van der Waals surface area contributed by atoms with E-state index in [1.807, 2.05) is 0 Å². The number of hydrogen-bond donors (Lipinski definition) is 3. The van der Waals surface area contributed by atoms with Crippen molar-refractivity contribution in [3.8, 4) is 0 Å². The van der Waals surface area contributed by atoms with Gasteiger partial charge in [0.05, 0.1) is 11.2 Å². The fourth-order valence-corrected chi connectivity index (χ4v) is 4.65. The van der Waals surface area contributed by atoms with Gasteiger partial charge in [-0.25, -0.2) is 9.78 Å². The van der Waals surface area contributed by atoms with Crippen molar-refractivity contribution in [3.63, 3.8) is 0 Å². The minimum atomic E-state index is -1.29. The topological polar surface area (TPSA) is 152 Å². The number of fused-ring (bicyclic) bond motifs is 1. The average Bonchev–Trinajstić information content (AvgIpc) is 3.16. The van der Waals surface area contributed by atoms with Gasteiger partial charge in [0.25, 0.3) is 5.91 Å². The molecule has 1 fully saturated rings. The molecule has 1 aromatic rings. The molecule has 0 spiro atoms. The Morgan fingerprint density at radius 1 is 1.52 bits per heavy atom. The molecule has 144 valence electrons. The van der Waals surface area contributed by atoms with Gasteiger partial charge in [0, 0.05) is 23.6 Å². The van der Waals surface area contributed by atoms with Gasteiger partial charge in [-0.05, 0) is 0 Å². The number of carboxylic acids is 1. The molecule has 1 unspecified atom stereocenters. The Labute approximate surface area is 161 Å². The van der Waals surface area contributed by atoms with Gasteiger partial charge in [0.2, 0.25) is 5.91 Å². The Morgan fingerprint density at radius 3 is 2.85 bits per heavy atom. The Hall–Kier alpha value is -2.44. The lowest BCUT2D eigenvalue weighted by atomic mass is 10.0. The molecule has 0 aromatic carbocycles. The molecule has 1 aromatic heterocycles. The maximum Gasteiger partial charge on any atom is 0.352 e. The zero-order valence-corrected chi connectivity index (χ0v) is 15.7. The highest BCUT2D eigenvalue weighted by Crippen LogP contribution is 2.40. The van der Waals surface area contributed by atoms with Gasteiger partial charge in [-0.1, -0.05) is 0 Å². The van der Waals surface area contributed by atoms with Gasteiger partial charge in [0.15, 0.2) is 0 Å². The van der Waals surface area contributed by atoms with E-state index in [2.05, 4.69) is 10.3 Å². The number of carbonyl (C=O) groups excluding carboxylic acids is 3. The van der Waals surface area contributed by atoms with Crippen LogP contribution in [0.2, 0.25) is 0 Å². The van der Waals surface area contributed by atoms with Crippen LogP contribution in [0.15, 0.2) is 22.2 Å². The summed E-state index contributed by atoms with van der Waals surface area (Å²) in [7, 11) is 0. The van der Waals surface area contributed by atoms with Gasteiger partial charge >= 0.3 is 11.9 Å². The van der Waals surface area contributed by atoms with Crippen molar-refractivity contribution in [2.45, 2.75) is 24.4 Å². The van der Waals surface area contributed by atoms with E-state index in [1.165, 1.54) is 30.0 Å². The van der Waals surface area contributed by atoms with Crippen LogP contribution in [0.4, 0.5) is 0 Å². The number of esters is 1. The number of ether oxygens (including phenoxy) is 1. The molecular weight excluding hydrogens is 396 g/mol. The molecule has 12 heteroatoms. The van der Waals surface area contributed by atoms with Crippen LogP contribution in [0.25, 0.3) is 0 Å². The minimum Gasteiger partial charge on any atom is -0.477 e. The molecule has 0 radical (unpaired) electrons. The quantitative estimate of drug-likeness (QED) is 0.412. The van der Waals surface area contributed by atoms with E-state index in [9.17, 15) is 24.3 Å². The molecule has 27 heavy (non-hydrogen) atoms. The van der Waals surface area contributed by atoms with E-state index in [0.29, 0.717) is 11.3 Å². The molecule has 3 heterocycles. The molecular formula is C15H16N4O6S2. The number of hydrogen-bond acceptors (Lipinski definition) is 9. The molecule has 2 aliphatic heterocycles. The van der Waals surface area contributed by atoms with E-state index >= 15 is 0 Å². The van der Waals surface area contributed by atoms with E-state index < -0.39 is 41.2 Å². The second-order valence-electron chi connectivity index (χ2n) is 5.82. The Morgan fingerprint density at radius 2 is 2.26 bits per heavy atom. The normalized spacial score (nSPS) is 22.6. The molecule has 4 N–H and O–H groups in total. The van der Waals surface area contributed by atoms with E-state index in [4.69, 9.17) is 10.5 Å². The number of thiazole rings is 1. The van der Waals surface area contributed by atoms with Gasteiger partial charge < -0.3 is 20.9 Å². The first-order valence-corrected chi connectivity index (χ1v) is 9.77. The van der Waals surface area contributed by atoms with E-state index in [0.717, 1.165) is 4.90 Å². The lowest BCUT2D eigenvalue weighted by molar-refractivity contribution is -0.151. The molecule has 0 saturated carbocycles. The zero-order valence-electron chi connectivity index (χ0n) is 14.1. The van der Waals surface area contributed by atoms with Crippen LogP contribution in [0.5, 0.6) is 0 Å². The largest absolute Gasteiger partial charge is 0.477 e. The predicted molar refractivity (Wildman–Crippen MR) is 95.4 cm³/mol.